The zero-order valence-corrected chi connectivity index (χ0v) is 19.6. The van der Waals surface area contributed by atoms with Crippen LogP contribution in [0.25, 0.3) is 0 Å². The van der Waals surface area contributed by atoms with Crippen LogP contribution in [-0.2, 0) is 29.0 Å². The van der Waals surface area contributed by atoms with Crippen molar-refractivity contribution >= 4 is 28.3 Å². The molecule has 2 aromatic rings. The highest BCUT2D eigenvalue weighted by Crippen LogP contribution is 2.34. The van der Waals surface area contributed by atoms with Gasteiger partial charge in [0.25, 0.3) is 0 Å². The van der Waals surface area contributed by atoms with Crippen molar-refractivity contribution in [1.82, 2.24) is 15.2 Å². The van der Waals surface area contributed by atoms with Gasteiger partial charge in [0, 0.05) is 49.9 Å². The lowest BCUT2D eigenvalue weighted by molar-refractivity contribution is -0.131. The predicted octanol–water partition coefficient (Wildman–Crippen LogP) is 3.24. The number of hydrogen-bond donors (Lipinski definition) is 1. The average Bonchev–Trinajstić information content (AvgIpc) is 3.22. The molecule has 2 aliphatic rings. The third kappa shape index (κ3) is 4.92. The Kier molecular flexibility index (Phi) is 6.60. The summed E-state index contributed by atoms with van der Waals surface area (Å²) in [4.78, 5) is 35.1. The molecule has 166 valence electrons. The summed E-state index contributed by atoms with van der Waals surface area (Å²) in [6.45, 7) is 9.89. The van der Waals surface area contributed by atoms with Gasteiger partial charge in [-0.05, 0) is 49.8 Å². The molecule has 1 aliphatic heterocycles. The molecule has 2 heterocycles. The Morgan fingerprint density at radius 2 is 1.94 bits per heavy atom. The summed E-state index contributed by atoms with van der Waals surface area (Å²) in [6.07, 6.45) is 3.06. The van der Waals surface area contributed by atoms with E-state index in [4.69, 9.17) is 4.98 Å². The zero-order valence-electron chi connectivity index (χ0n) is 18.7. The standard InChI is InChI=1S/C24H32N4O2S/c1-4-22(29)27-9-11-28(12-10-27)24-26-20-8-7-19(14-21(20)31-24)23(30)25-15-18-6-5-16(2)17(3)13-18/h5-6,13,19H,4,7-12,14-15H2,1-3H3,(H,25,30). The van der Waals surface area contributed by atoms with Crippen molar-refractivity contribution in [2.24, 2.45) is 5.92 Å². The number of thiazole rings is 1. The molecule has 1 aromatic carbocycles. The molecule has 1 fully saturated rings. The van der Waals surface area contributed by atoms with Crippen molar-refractivity contribution in [1.29, 1.82) is 0 Å². The molecule has 0 spiro atoms. The van der Waals surface area contributed by atoms with Crippen molar-refractivity contribution in [3.05, 3.63) is 45.5 Å². The number of carbonyl (C=O) groups excluding carboxylic acids is 2. The van der Waals surface area contributed by atoms with Crippen LogP contribution in [0.4, 0.5) is 5.13 Å². The number of anilines is 1. The van der Waals surface area contributed by atoms with E-state index in [9.17, 15) is 9.59 Å². The van der Waals surface area contributed by atoms with Crippen LogP contribution in [0.2, 0.25) is 0 Å². The van der Waals surface area contributed by atoms with E-state index in [-0.39, 0.29) is 17.7 Å². The molecule has 4 rings (SSSR count). The van der Waals surface area contributed by atoms with Gasteiger partial charge in [0.05, 0.1) is 5.69 Å². The first kappa shape index (κ1) is 21.8. The van der Waals surface area contributed by atoms with Gasteiger partial charge in [-0.2, -0.15) is 0 Å². The van der Waals surface area contributed by atoms with E-state index in [1.54, 1.807) is 11.3 Å². The van der Waals surface area contributed by atoms with E-state index in [1.807, 2.05) is 11.8 Å². The molecule has 2 amide bonds. The topological polar surface area (TPSA) is 65.5 Å². The van der Waals surface area contributed by atoms with E-state index < -0.39 is 0 Å². The van der Waals surface area contributed by atoms with Crippen molar-refractivity contribution in [2.75, 3.05) is 31.1 Å². The number of aryl methyl sites for hydroxylation is 3. The minimum atomic E-state index is 0.0198. The lowest BCUT2D eigenvalue weighted by Crippen LogP contribution is -2.48. The molecule has 1 aliphatic carbocycles. The van der Waals surface area contributed by atoms with Crippen LogP contribution in [0.15, 0.2) is 18.2 Å². The van der Waals surface area contributed by atoms with Gasteiger partial charge in [-0.25, -0.2) is 4.98 Å². The van der Waals surface area contributed by atoms with Gasteiger partial charge >= 0.3 is 0 Å². The van der Waals surface area contributed by atoms with Gasteiger partial charge in [-0.3, -0.25) is 9.59 Å². The molecular formula is C24H32N4O2S. The number of benzene rings is 1. The van der Waals surface area contributed by atoms with Crippen LogP contribution in [0.1, 0.15) is 47.0 Å². The van der Waals surface area contributed by atoms with Crippen LogP contribution in [0.3, 0.4) is 0 Å². The van der Waals surface area contributed by atoms with Gasteiger partial charge in [0.2, 0.25) is 11.8 Å². The van der Waals surface area contributed by atoms with Crippen LogP contribution >= 0.6 is 11.3 Å². The fraction of sp³-hybridized carbons (Fsp3) is 0.542. The second-order valence-electron chi connectivity index (χ2n) is 8.66. The first-order valence-corrected chi connectivity index (χ1v) is 12.1. The highest BCUT2D eigenvalue weighted by molar-refractivity contribution is 7.15. The Labute approximate surface area is 188 Å². The van der Waals surface area contributed by atoms with E-state index in [0.717, 1.165) is 61.8 Å². The number of amides is 2. The molecule has 1 unspecified atom stereocenters. The summed E-state index contributed by atoms with van der Waals surface area (Å²) in [5, 5.41) is 4.18. The maximum Gasteiger partial charge on any atom is 0.223 e. The molecule has 1 saturated heterocycles. The fourth-order valence-corrected chi connectivity index (χ4v) is 5.58. The molecule has 0 bridgehead atoms. The Balaban J connectivity index is 1.32. The number of aromatic nitrogens is 1. The number of nitrogens with zero attached hydrogens (tertiary/aromatic N) is 3. The SMILES string of the molecule is CCC(=O)N1CCN(c2nc3c(s2)CC(C(=O)NCc2ccc(C)c(C)c2)CC3)CC1. The molecule has 1 N–H and O–H groups in total. The number of fused-ring (bicyclic) bond motifs is 1. The zero-order chi connectivity index (χ0) is 22.0. The van der Waals surface area contributed by atoms with Crippen LogP contribution in [-0.4, -0.2) is 47.9 Å². The lowest BCUT2D eigenvalue weighted by atomic mass is 9.90. The highest BCUT2D eigenvalue weighted by atomic mass is 32.1. The Bertz CT molecular complexity index is 962. The maximum atomic E-state index is 12.8. The van der Waals surface area contributed by atoms with E-state index in [1.165, 1.54) is 16.0 Å². The predicted molar refractivity (Wildman–Crippen MR) is 124 cm³/mol. The first-order chi connectivity index (χ1) is 14.9. The number of piperazine rings is 1. The average molecular weight is 441 g/mol. The quantitative estimate of drug-likeness (QED) is 0.775. The second-order valence-corrected chi connectivity index (χ2v) is 9.73. The smallest absolute Gasteiger partial charge is 0.223 e. The van der Waals surface area contributed by atoms with Crippen molar-refractivity contribution in [2.45, 2.75) is 53.0 Å². The molecule has 6 nitrogen and oxygen atoms in total. The summed E-state index contributed by atoms with van der Waals surface area (Å²) >= 11 is 1.73. The molecule has 0 saturated carbocycles. The fourth-order valence-electron chi connectivity index (χ4n) is 4.34. The minimum absolute atomic E-state index is 0.0198. The largest absolute Gasteiger partial charge is 0.352 e. The summed E-state index contributed by atoms with van der Waals surface area (Å²) < 4.78 is 0. The van der Waals surface area contributed by atoms with Gasteiger partial charge in [-0.15, -0.1) is 11.3 Å². The monoisotopic (exact) mass is 440 g/mol. The number of nitrogens with one attached hydrogen (secondary N) is 1. The van der Waals surface area contributed by atoms with Crippen LogP contribution < -0.4 is 10.2 Å². The molecule has 31 heavy (non-hydrogen) atoms. The summed E-state index contributed by atoms with van der Waals surface area (Å²) in [7, 11) is 0. The molecule has 1 atom stereocenters. The Morgan fingerprint density at radius 1 is 1.16 bits per heavy atom. The summed E-state index contributed by atoms with van der Waals surface area (Å²) in [5.41, 5.74) is 4.83. The molecule has 7 heteroatoms. The van der Waals surface area contributed by atoms with Gasteiger partial charge < -0.3 is 15.1 Å². The van der Waals surface area contributed by atoms with Gasteiger partial charge in [0.1, 0.15) is 0 Å². The third-order valence-corrected chi connectivity index (χ3v) is 7.72. The normalized spacial score (nSPS) is 18.6. The second kappa shape index (κ2) is 9.39. The minimum Gasteiger partial charge on any atom is -0.352 e. The van der Waals surface area contributed by atoms with Gasteiger partial charge in [-0.1, -0.05) is 25.1 Å². The maximum absolute atomic E-state index is 12.8. The third-order valence-electron chi connectivity index (χ3n) is 6.54. The molecule has 1 aromatic heterocycles. The van der Waals surface area contributed by atoms with Crippen molar-refractivity contribution in [3.8, 4) is 0 Å². The number of hydrogen-bond acceptors (Lipinski definition) is 5. The lowest BCUT2D eigenvalue weighted by Gasteiger charge is -2.34. The number of rotatable bonds is 5. The van der Waals surface area contributed by atoms with Crippen molar-refractivity contribution in [3.63, 3.8) is 0 Å². The summed E-state index contributed by atoms with van der Waals surface area (Å²) in [5.74, 6) is 0.393. The first-order valence-electron chi connectivity index (χ1n) is 11.3. The van der Waals surface area contributed by atoms with E-state index in [0.29, 0.717) is 13.0 Å². The molecular weight excluding hydrogens is 408 g/mol. The van der Waals surface area contributed by atoms with Gasteiger partial charge in [0.15, 0.2) is 5.13 Å². The van der Waals surface area contributed by atoms with Crippen molar-refractivity contribution < 1.29 is 9.59 Å². The van der Waals surface area contributed by atoms with Crippen LogP contribution in [0, 0.1) is 19.8 Å². The Hall–Kier alpha value is -2.41. The van der Waals surface area contributed by atoms with E-state index in [2.05, 4.69) is 42.3 Å². The van der Waals surface area contributed by atoms with E-state index >= 15 is 0 Å². The number of carbonyl (C=O) groups is 2. The molecule has 0 radical (unpaired) electrons. The van der Waals surface area contributed by atoms with Crippen LogP contribution in [0.5, 0.6) is 0 Å². The Morgan fingerprint density at radius 3 is 2.65 bits per heavy atom. The highest BCUT2D eigenvalue weighted by Gasteiger charge is 2.29. The summed E-state index contributed by atoms with van der Waals surface area (Å²) in [6, 6.07) is 6.35.